The normalized spacial score (nSPS) is 25.6. The lowest BCUT2D eigenvalue weighted by Crippen LogP contribution is -2.37. The van der Waals surface area contributed by atoms with Gasteiger partial charge in [-0.2, -0.15) is 4.31 Å². The summed E-state index contributed by atoms with van der Waals surface area (Å²) in [6, 6.07) is 0. The first-order chi connectivity index (χ1) is 9.52. The largest absolute Gasteiger partial charge is 0.333 e. The zero-order valence-electron chi connectivity index (χ0n) is 11.9. The van der Waals surface area contributed by atoms with Crippen molar-refractivity contribution < 1.29 is 8.42 Å². The van der Waals surface area contributed by atoms with Gasteiger partial charge in [0, 0.05) is 37.9 Å². The Morgan fingerprint density at radius 1 is 1.30 bits per heavy atom. The molecule has 1 aromatic rings. The van der Waals surface area contributed by atoms with E-state index in [0.29, 0.717) is 19.0 Å². The molecule has 0 aromatic carbocycles. The second-order valence-electron chi connectivity index (χ2n) is 5.93. The zero-order valence-corrected chi connectivity index (χ0v) is 12.7. The number of fused-ring (bicyclic) bond motifs is 1. The molecule has 1 fully saturated rings. The molecule has 0 aliphatic carbocycles. The average molecular weight is 298 g/mol. The van der Waals surface area contributed by atoms with Gasteiger partial charge in [0.25, 0.3) is 0 Å². The third-order valence-electron chi connectivity index (χ3n) is 4.22. The minimum absolute atomic E-state index is 0.332. The predicted molar refractivity (Wildman–Crippen MR) is 76.6 cm³/mol. The summed E-state index contributed by atoms with van der Waals surface area (Å²) in [6.45, 7) is 5.11. The molecule has 112 valence electrons. The van der Waals surface area contributed by atoms with Crippen molar-refractivity contribution in [2.75, 3.05) is 32.4 Å². The Bertz CT molecular complexity index is 563. The van der Waals surface area contributed by atoms with Crippen LogP contribution in [0.4, 0.5) is 0 Å². The minimum Gasteiger partial charge on any atom is -0.333 e. The molecule has 20 heavy (non-hydrogen) atoms. The van der Waals surface area contributed by atoms with Crippen LogP contribution in [-0.2, 0) is 23.1 Å². The number of likely N-dealkylation sites (tertiary alicyclic amines) is 1. The maximum atomic E-state index is 11.9. The van der Waals surface area contributed by atoms with Gasteiger partial charge in [0.15, 0.2) is 0 Å². The monoisotopic (exact) mass is 298 g/mol. The summed E-state index contributed by atoms with van der Waals surface area (Å²) >= 11 is 0. The van der Waals surface area contributed by atoms with E-state index in [1.807, 2.05) is 6.20 Å². The van der Waals surface area contributed by atoms with E-state index in [2.05, 4.69) is 14.5 Å². The third-order valence-corrected chi connectivity index (χ3v) is 5.44. The Balaban J connectivity index is 1.79. The lowest BCUT2D eigenvalue weighted by Gasteiger charge is -2.25. The fraction of sp³-hybridized carbons (Fsp3) is 0.769. The van der Waals surface area contributed by atoms with E-state index in [1.165, 1.54) is 19.1 Å². The molecule has 2 aliphatic rings. The Morgan fingerprint density at radius 3 is 2.75 bits per heavy atom. The maximum absolute atomic E-state index is 11.9. The lowest BCUT2D eigenvalue weighted by molar-refractivity contribution is 0.237. The maximum Gasteiger partial charge on any atom is 0.211 e. The number of aromatic nitrogens is 2. The number of sulfonamides is 1. The Labute approximate surface area is 120 Å². The Morgan fingerprint density at radius 2 is 2.05 bits per heavy atom. The van der Waals surface area contributed by atoms with E-state index in [0.717, 1.165) is 32.0 Å². The summed E-state index contributed by atoms with van der Waals surface area (Å²) in [6.07, 6.45) is 7.53. The van der Waals surface area contributed by atoms with Gasteiger partial charge in [-0.15, -0.1) is 0 Å². The standard InChI is InChI=1S/C13H22N4O2S/c1-20(18,19)17-10-12(8-15-5-2-3-6-15)9-16-7-4-14-13(16)11-17/h4,7,12H,2-3,5-6,8-11H2,1H3/t12-/m1/s1. The van der Waals surface area contributed by atoms with Crippen LogP contribution in [0.2, 0.25) is 0 Å². The number of rotatable bonds is 3. The Hall–Kier alpha value is -0.920. The van der Waals surface area contributed by atoms with Gasteiger partial charge < -0.3 is 9.47 Å². The molecule has 0 radical (unpaired) electrons. The molecule has 0 amide bonds. The van der Waals surface area contributed by atoms with Gasteiger partial charge in [-0.1, -0.05) is 0 Å². The highest BCUT2D eigenvalue weighted by Gasteiger charge is 2.29. The van der Waals surface area contributed by atoms with Crippen molar-refractivity contribution in [3.8, 4) is 0 Å². The molecule has 3 rings (SSSR count). The van der Waals surface area contributed by atoms with Crippen molar-refractivity contribution in [2.24, 2.45) is 5.92 Å². The van der Waals surface area contributed by atoms with Crippen molar-refractivity contribution in [2.45, 2.75) is 25.9 Å². The van der Waals surface area contributed by atoms with Crippen LogP contribution in [0.1, 0.15) is 18.7 Å². The van der Waals surface area contributed by atoms with Gasteiger partial charge in [0.2, 0.25) is 10.0 Å². The van der Waals surface area contributed by atoms with Crippen molar-refractivity contribution in [1.29, 1.82) is 0 Å². The summed E-state index contributed by atoms with van der Waals surface area (Å²) in [5.74, 6) is 1.18. The molecule has 3 heterocycles. The van der Waals surface area contributed by atoms with Crippen LogP contribution in [0, 0.1) is 5.92 Å². The van der Waals surface area contributed by atoms with Gasteiger partial charge in [-0.3, -0.25) is 0 Å². The van der Waals surface area contributed by atoms with Crippen molar-refractivity contribution in [3.63, 3.8) is 0 Å². The van der Waals surface area contributed by atoms with Crippen molar-refractivity contribution in [1.82, 2.24) is 18.8 Å². The zero-order chi connectivity index (χ0) is 14.2. The number of nitrogens with zero attached hydrogens (tertiary/aromatic N) is 4. The summed E-state index contributed by atoms with van der Waals surface area (Å²) in [7, 11) is -3.17. The minimum atomic E-state index is -3.17. The highest BCUT2D eigenvalue weighted by Crippen LogP contribution is 2.20. The first kappa shape index (κ1) is 14.0. The fourth-order valence-electron chi connectivity index (χ4n) is 3.20. The molecule has 6 nitrogen and oxygen atoms in total. The second kappa shape index (κ2) is 5.46. The average Bonchev–Trinajstić information content (AvgIpc) is 2.97. The Kier molecular flexibility index (Phi) is 3.83. The predicted octanol–water partition coefficient (Wildman–Crippen LogP) is 0.370. The second-order valence-corrected chi connectivity index (χ2v) is 7.91. The van der Waals surface area contributed by atoms with Gasteiger partial charge in [0.05, 0.1) is 12.8 Å². The summed E-state index contributed by atoms with van der Waals surface area (Å²) in [4.78, 5) is 6.74. The highest BCUT2D eigenvalue weighted by molar-refractivity contribution is 7.88. The smallest absolute Gasteiger partial charge is 0.211 e. The third kappa shape index (κ3) is 3.05. The van der Waals surface area contributed by atoms with Gasteiger partial charge in [-0.25, -0.2) is 13.4 Å². The van der Waals surface area contributed by atoms with Gasteiger partial charge in [-0.05, 0) is 25.9 Å². The first-order valence-electron chi connectivity index (χ1n) is 7.20. The van der Waals surface area contributed by atoms with E-state index in [9.17, 15) is 8.42 Å². The molecule has 0 spiro atoms. The molecule has 0 N–H and O–H groups in total. The first-order valence-corrected chi connectivity index (χ1v) is 9.05. The number of hydrogen-bond donors (Lipinski definition) is 0. The quantitative estimate of drug-likeness (QED) is 0.809. The molecule has 1 aromatic heterocycles. The molecule has 7 heteroatoms. The lowest BCUT2D eigenvalue weighted by atomic mass is 10.1. The molecule has 0 unspecified atom stereocenters. The van der Waals surface area contributed by atoms with E-state index in [-0.39, 0.29) is 0 Å². The number of hydrogen-bond acceptors (Lipinski definition) is 4. The molecular formula is C13H22N4O2S. The van der Waals surface area contributed by atoms with Crippen LogP contribution in [0.3, 0.4) is 0 Å². The van der Waals surface area contributed by atoms with Gasteiger partial charge >= 0.3 is 0 Å². The van der Waals surface area contributed by atoms with Crippen LogP contribution in [0.25, 0.3) is 0 Å². The highest BCUT2D eigenvalue weighted by atomic mass is 32.2. The molecule has 1 saturated heterocycles. The SMILES string of the molecule is CS(=O)(=O)N1Cc2nccn2C[C@@H](CN2CCCC2)C1. The van der Waals surface area contributed by atoms with Gasteiger partial charge in [0.1, 0.15) is 5.82 Å². The van der Waals surface area contributed by atoms with E-state index >= 15 is 0 Å². The molecule has 0 saturated carbocycles. The molecule has 2 aliphatic heterocycles. The van der Waals surface area contributed by atoms with Crippen LogP contribution in [-0.4, -0.2) is 59.6 Å². The van der Waals surface area contributed by atoms with Crippen molar-refractivity contribution in [3.05, 3.63) is 18.2 Å². The van der Waals surface area contributed by atoms with Crippen LogP contribution in [0.15, 0.2) is 12.4 Å². The van der Waals surface area contributed by atoms with Crippen LogP contribution >= 0.6 is 0 Å². The van der Waals surface area contributed by atoms with E-state index < -0.39 is 10.0 Å². The molecule has 0 bridgehead atoms. The van der Waals surface area contributed by atoms with E-state index in [1.54, 1.807) is 10.5 Å². The van der Waals surface area contributed by atoms with Crippen molar-refractivity contribution >= 4 is 10.0 Å². The summed E-state index contributed by atoms with van der Waals surface area (Å²) < 4.78 is 27.5. The fourth-order valence-corrected chi connectivity index (χ4v) is 4.03. The molecular weight excluding hydrogens is 276 g/mol. The van der Waals surface area contributed by atoms with Crippen LogP contribution in [0.5, 0.6) is 0 Å². The topological polar surface area (TPSA) is 58.4 Å². The number of imidazole rings is 1. The summed E-state index contributed by atoms with van der Waals surface area (Å²) in [5.41, 5.74) is 0. The van der Waals surface area contributed by atoms with Crippen LogP contribution < -0.4 is 0 Å². The summed E-state index contributed by atoms with van der Waals surface area (Å²) in [5, 5.41) is 0. The molecule has 1 atom stereocenters. The van der Waals surface area contributed by atoms with E-state index in [4.69, 9.17) is 0 Å².